The summed E-state index contributed by atoms with van der Waals surface area (Å²) in [5.74, 6) is 0. The van der Waals surface area contributed by atoms with E-state index in [4.69, 9.17) is 0 Å². The third-order valence-electron chi connectivity index (χ3n) is 4.65. The van der Waals surface area contributed by atoms with Crippen molar-refractivity contribution in [2.24, 2.45) is 0 Å². The number of fused-ring (bicyclic) bond motifs is 1. The summed E-state index contributed by atoms with van der Waals surface area (Å²) in [5, 5.41) is 13.8. The second-order valence-corrected chi connectivity index (χ2v) is 6.95. The molecule has 0 aliphatic carbocycles. The third-order valence-corrected chi connectivity index (χ3v) is 5.15. The van der Waals surface area contributed by atoms with Crippen molar-refractivity contribution in [1.82, 2.24) is 10.2 Å². The van der Waals surface area contributed by atoms with Gasteiger partial charge >= 0.3 is 0 Å². The zero-order valence-electron chi connectivity index (χ0n) is 11.8. The summed E-state index contributed by atoms with van der Waals surface area (Å²) in [6.07, 6.45) is 4.74. The molecule has 0 saturated carbocycles. The maximum Gasteiger partial charge on any atom is 0.0914 e. The number of nitrogens with zero attached hydrogens (tertiary/aromatic N) is 1. The highest BCUT2D eigenvalue weighted by Crippen LogP contribution is 2.27. The lowest BCUT2D eigenvalue weighted by atomic mass is 9.97. The first-order valence-electron chi connectivity index (χ1n) is 7.63. The van der Waals surface area contributed by atoms with Crippen molar-refractivity contribution in [3.63, 3.8) is 0 Å². The van der Waals surface area contributed by atoms with Crippen molar-refractivity contribution in [2.75, 3.05) is 19.6 Å². The molecule has 3 nitrogen and oxygen atoms in total. The van der Waals surface area contributed by atoms with Crippen LogP contribution in [-0.4, -0.2) is 41.7 Å². The molecule has 1 aromatic carbocycles. The molecule has 20 heavy (non-hydrogen) atoms. The van der Waals surface area contributed by atoms with Crippen molar-refractivity contribution in [3.05, 3.63) is 34.3 Å². The van der Waals surface area contributed by atoms with E-state index in [-0.39, 0.29) is 0 Å². The SMILES string of the molecule is OC(CNC1CCN2CCCC2C1)c1cccc(Br)c1. The predicted octanol–water partition coefficient (Wildman–Crippen LogP) is 2.70. The Balaban J connectivity index is 1.49. The van der Waals surface area contributed by atoms with Gasteiger partial charge in [0.1, 0.15) is 0 Å². The molecule has 3 unspecified atom stereocenters. The Kier molecular flexibility index (Phi) is 4.76. The molecule has 0 aromatic heterocycles. The maximum atomic E-state index is 10.3. The van der Waals surface area contributed by atoms with E-state index < -0.39 is 6.10 Å². The molecule has 2 heterocycles. The van der Waals surface area contributed by atoms with Crippen molar-refractivity contribution in [1.29, 1.82) is 0 Å². The minimum atomic E-state index is -0.422. The molecular formula is C16H23BrN2O. The van der Waals surface area contributed by atoms with E-state index in [1.165, 1.54) is 38.8 Å². The maximum absolute atomic E-state index is 10.3. The molecule has 4 heteroatoms. The van der Waals surface area contributed by atoms with Gasteiger partial charge in [0, 0.05) is 23.1 Å². The van der Waals surface area contributed by atoms with Crippen LogP contribution < -0.4 is 5.32 Å². The van der Waals surface area contributed by atoms with E-state index in [9.17, 15) is 5.11 Å². The summed E-state index contributed by atoms with van der Waals surface area (Å²) in [6.45, 7) is 3.15. The van der Waals surface area contributed by atoms with Gasteiger partial charge in [0.05, 0.1) is 6.10 Å². The fourth-order valence-corrected chi connectivity index (χ4v) is 3.94. The van der Waals surface area contributed by atoms with Crippen LogP contribution in [0.2, 0.25) is 0 Å². The monoisotopic (exact) mass is 338 g/mol. The van der Waals surface area contributed by atoms with Gasteiger partial charge in [0.25, 0.3) is 0 Å². The summed E-state index contributed by atoms with van der Waals surface area (Å²) in [4.78, 5) is 2.63. The number of aliphatic hydroxyl groups is 1. The molecule has 3 atom stereocenters. The van der Waals surface area contributed by atoms with E-state index in [1.54, 1.807) is 0 Å². The van der Waals surface area contributed by atoms with Gasteiger partial charge in [-0.15, -0.1) is 0 Å². The van der Waals surface area contributed by atoms with Crippen molar-refractivity contribution in [2.45, 2.75) is 43.9 Å². The minimum absolute atomic E-state index is 0.422. The van der Waals surface area contributed by atoms with Crippen LogP contribution in [0.25, 0.3) is 0 Å². The molecule has 0 amide bonds. The number of hydrogen-bond acceptors (Lipinski definition) is 3. The van der Waals surface area contributed by atoms with E-state index in [2.05, 4.69) is 26.1 Å². The summed E-state index contributed by atoms with van der Waals surface area (Å²) in [6, 6.07) is 9.28. The fraction of sp³-hybridized carbons (Fsp3) is 0.625. The zero-order chi connectivity index (χ0) is 13.9. The Morgan fingerprint density at radius 3 is 3.10 bits per heavy atom. The Morgan fingerprint density at radius 1 is 1.35 bits per heavy atom. The Labute approximate surface area is 129 Å². The first kappa shape index (κ1) is 14.5. The molecule has 0 bridgehead atoms. The van der Waals surface area contributed by atoms with Crippen LogP contribution >= 0.6 is 15.9 Å². The molecule has 110 valence electrons. The predicted molar refractivity (Wildman–Crippen MR) is 84.7 cm³/mol. The largest absolute Gasteiger partial charge is 0.387 e. The molecule has 2 N–H and O–H groups in total. The molecule has 0 spiro atoms. The summed E-state index contributed by atoms with van der Waals surface area (Å²) in [5.41, 5.74) is 0.977. The van der Waals surface area contributed by atoms with Gasteiger partial charge in [-0.05, 0) is 56.5 Å². The van der Waals surface area contributed by atoms with Gasteiger partial charge < -0.3 is 15.3 Å². The average Bonchev–Trinajstić information content (AvgIpc) is 2.92. The van der Waals surface area contributed by atoms with Crippen LogP contribution in [0.5, 0.6) is 0 Å². The average molecular weight is 339 g/mol. The van der Waals surface area contributed by atoms with Crippen LogP contribution in [0.3, 0.4) is 0 Å². The zero-order valence-corrected chi connectivity index (χ0v) is 13.3. The van der Waals surface area contributed by atoms with Crippen LogP contribution in [0.15, 0.2) is 28.7 Å². The Morgan fingerprint density at radius 2 is 2.25 bits per heavy atom. The number of benzene rings is 1. The van der Waals surface area contributed by atoms with Crippen molar-refractivity contribution < 1.29 is 5.11 Å². The Hall–Kier alpha value is -0.420. The summed E-state index contributed by atoms with van der Waals surface area (Å²) < 4.78 is 1.02. The number of halogens is 1. The van der Waals surface area contributed by atoms with Gasteiger partial charge in [0.15, 0.2) is 0 Å². The van der Waals surface area contributed by atoms with Crippen LogP contribution in [0.4, 0.5) is 0 Å². The molecular weight excluding hydrogens is 316 g/mol. The smallest absolute Gasteiger partial charge is 0.0914 e. The lowest BCUT2D eigenvalue weighted by Gasteiger charge is -2.35. The Bertz CT molecular complexity index is 454. The highest BCUT2D eigenvalue weighted by molar-refractivity contribution is 9.10. The summed E-state index contributed by atoms with van der Waals surface area (Å²) >= 11 is 3.45. The van der Waals surface area contributed by atoms with Crippen molar-refractivity contribution in [3.8, 4) is 0 Å². The molecule has 3 rings (SSSR count). The topological polar surface area (TPSA) is 35.5 Å². The van der Waals surface area contributed by atoms with Crippen molar-refractivity contribution >= 4 is 15.9 Å². The molecule has 2 saturated heterocycles. The second kappa shape index (κ2) is 6.56. The second-order valence-electron chi connectivity index (χ2n) is 6.03. The van der Waals surface area contributed by atoms with Gasteiger partial charge in [-0.2, -0.15) is 0 Å². The number of hydrogen-bond donors (Lipinski definition) is 2. The van der Waals surface area contributed by atoms with Gasteiger partial charge in [-0.25, -0.2) is 0 Å². The molecule has 2 fully saturated rings. The van der Waals surface area contributed by atoms with Crippen LogP contribution in [0.1, 0.15) is 37.4 Å². The van der Waals surface area contributed by atoms with Crippen LogP contribution in [-0.2, 0) is 0 Å². The lowest BCUT2D eigenvalue weighted by molar-refractivity contribution is 0.138. The van der Waals surface area contributed by atoms with Gasteiger partial charge in [-0.3, -0.25) is 0 Å². The van der Waals surface area contributed by atoms with E-state index >= 15 is 0 Å². The molecule has 2 aliphatic heterocycles. The van der Waals surface area contributed by atoms with E-state index in [1.807, 2.05) is 24.3 Å². The number of aliphatic hydroxyl groups excluding tert-OH is 1. The lowest BCUT2D eigenvalue weighted by Crippen LogP contribution is -2.46. The highest BCUT2D eigenvalue weighted by atomic mass is 79.9. The quantitative estimate of drug-likeness (QED) is 0.885. The minimum Gasteiger partial charge on any atom is -0.387 e. The number of rotatable bonds is 4. The molecule has 0 radical (unpaired) electrons. The van der Waals surface area contributed by atoms with Crippen LogP contribution in [0, 0.1) is 0 Å². The summed E-state index contributed by atoms with van der Waals surface area (Å²) in [7, 11) is 0. The molecule has 2 aliphatic rings. The first-order valence-corrected chi connectivity index (χ1v) is 8.42. The third kappa shape index (κ3) is 3.42. The highest BCUT2D eigenvalue weighted by Gasteiger charge is 2.31. The first-order chi connectivity index (χ1) is 9.72. The molecule has 1 aromatic rings. The van der Waals surface area contributed by atoms with E-state index in [0.29, 0.717) is 12.6 Å². The van der Waals surface area contributed by atoms with E-state index in [0.717, 1.165) is 16.1 Å². The number of nitrogens with one attached hydrogen (secondary N) is 1. The number of piperidine rings is 1. The van der Waals surface area contributed by atoms with Gasteiger partial charge in [0.2, 0.25) is 0 Å². The normalized spacial score (nSPS) is 28.3. The standard InChI is InChI=1S/C16H23BrN2O/c17-13-4-1-3-12(9-13)16(20)11-18-14-6-8-19-7-2-5-15(19)10-14/h1,3-4,9,14-16,18,20H,2,5-8,10-11H2. The van der Waals surface area contributed by atoms with Gasteiger partial charge in [-0.1, -0.05) is 28.1 Å². The fourth-order valence-electron chi connectivity index (χ4n) is 3.52.